The van der Waals surface area contributed by atoms with Crippen LogP contribution in [0.5, 0.6) is 0 Å². The van der Waals surface area contributed by atoms with Crippen LogP contribution in [0.15, 0.2) is 17.0 Å². The molecule has 0 saturated carbocycles. The Morgan fingerprint density at radius 1 is 1.25 bits per heavy atom. The maximum Gasteiger partial charge on any atom is 0.246 e. The molecule has 0 aliphatic carbocycles. The van der Waals surface area contributed by atoms with Crippen LogP contribution >= 0.6 is 0 Å². The number of nitrogen functional groups attached to an aromatic ring is 1. The number of anilines is 1. The van der Waals surface area contributed by atoms with Crippen molar-refractivity contribution in [3.05, 3.63) is 23.8 Å². The monoisotopic (exact) mass is 306 g/mol. The van der Waals surface area contributed by atoms with Gasteiger partial charge in [-0.25, -0.2) is 17.2 Å². The molecular weight excluding hydrogens is 286 g/mol. The van der Waals surface area contributed by atoms with E-state index in [1.807, 2.05) is 20.8 Å². The average molecular weight is 306 g/mol. The van der Waals surface area contributed by atoms with Gasteiger partial charge in [-0.1, -0.05) is 20.8 Å². The second-order valence-corrected chi connectivity index (χ2v) is 7.80. The Hall–Kier alpha value is -1.21. The van der Waals surface area contributed by atoms with Gasteiger partial charge in [0.1, 0.15) is 16.4 Å². The number of nitrogens with zero attached hydrogens (tertiary/aromatic N) is 1. The zero-order valence-electron chi connectivity index (χ0n) is 12.2. The molecule has 1 atom stereocenters. The number of hydrogen-bond donors (Lipinski definition) is 1. The van der Waals surface area contributed by atoms with Gasteiger partial charge >= 0.3 is 0 Å². The van der Waals surface area contributed by atoms with Crippen LogP contribution < -0.4 is 5.73 Å². The lowest BCUT2D eigenvalue weighted by atomic mass is 9.88. The fourth-order valence-corrected chi connectivity index (χ4v) is 3.28. The minimum absolute atomic E-state index is 0.329. The van der Waals surface area contributed by atoms with E-state index < -0.39 is 32.2 Å². The first-order valence-electron chi connectivity index (χ1n) is 6.12. The van der Waals surface area contributed by atoms with Crippen molar-refractivity contribution in [3.8, 4) is 0 Å². The first-order valence-corrected chi connectivity index (χ1v) is 7.56. The third-order valence-corrected chi connectivity index (χ3v) is 5.49. The summed E-state index contributed by atoms with van der Waals surface area (Å²) in [4.78, 5) is -0.616. The minimum atomic E-state index is -4.08. The second kappa shape index (κ2) is 5.29. The van der Waals surface area contributed by atoms with E-state index >= 15 is 0 Å². The predicted octanol–water partition coefficient (Wildman–Crippen LogP) is 2.60. The number of nitrogens with two attached hydrogens (primary N) is 1. The maximum atomic E-state index is 13.9. The van der Waals surface area contributed by atoms with Crippen LogP contribution in [-0.2, 0) is 10.0 Å². The highest BCUT2D eigenvalue weighted by molar-refractivity contribution is 7.89. The molecule has 1 rings (SSSR count). The van der Waals surface area contributed by atoms with Gasteiger partial charge in [-0.2, -0.15) is 4.31 Å². The Balaban J connectivity index is 3.35. The van der Waals surface area contributed by atoms with E-state index in [-0.39, 0.29) is 11.5 Å². The first kappa shape index (κ1) is 16.8. The number of hydrogen-bond acceptors (Lipinski definition) is 3. The van der Waals surface area contributed by atoms with E-state index in [0.29, 0.717) is 0 Å². The molecule has 114 valence electrons. The molecule has 4 nitrogen and oxygen atoms in total. The van der Waals surface area contributed by atoms with Crippen molar-refractivity contribution in [3.63, 3.8) is 0 Å². The van der Waals surface area contributed by atoms with Gasteiger partial charge in [0.15, 0.2) is 5.82 Å². The summed E-state index contributed by atoms with van der Waals surface area (Å²) in [5.74, 6) is -2.23. The third-order valence-electron chi connectivity index (χ3n) is 3.55. The Kier molecular flexibility index (Phi) is 4.46. The van der Waals surface area contributed by atoms with Gasteiger partial charge in [0, 0.05) is 13.1 Å². The minimum Gasteiger partial charge on any atom is -0.394 e. The topological polar surface area (TPSA) is 63.4 Å². The van der Waals surface area contributed by atoms with Crippen molar-refractivity contribution in [2.75, 3.05) is 12.8 Å². The highest BCUT2D eigenvalue weighted by atomic mass is 32.2. The molecule has 20 heavy (non-hydrogen) atoms. The Labute approximate surface area is 118 Å². The summed E-state index contributed by atoms with van der Waals surface area (Å²) >= 11 is 0. The molecule has 0 fully saturated rings. The van der Waals surface area contributed by atoms with Gasteiger partial charge in [0.25, 0.3) is 0 Å². The molecule has 1 aromatic carbocycles. The molecule has 0 saturated heterocycles. The summed E-state index contributed by atoms with van der Waals surface area (Å²) < 4.78 is 52.9. The van der Waals surface area contributed by atoms with Crippen LogP contribution in [0.2, 0.25) is 0 Å². The van der Waals surface area contributed by atoms with Gasteiger partial charge in [-0.15, -0.1) is 0 Å². The Bertz CT molecular complexity index is 610. The van der Waals surface area contributed by atoms with E-state index in [9.17, 15) is 17.2 Å². The van der Waals surface area contributed by atoms with Crippen molar-refractivity contribution in [2.45, 2.75) is 38.6 Å². The van der Waals surface area contributed by atoms with E-state index in [0.717, 1.165) is 16.4 Å². The quantitative estimate of drug-likeness (QED) is 0.873. The normalized spacial score (nSPS) is 14.6. The van der Waals surface area contributed by atoms with Crippen molar-refractivity contribution >= 4 is 15.7 Å². The standard InChI is InChI=1S/C13H20F2N2O2S/c1-8(13(2,3)4)17(5)20(18,19)10-7-6-9(14)12(16)11(10)15/h6-8H,16H2,1-5H3. The lowest BCUT2D eigenvalue weighted by molar-refractivity contribution is 0.216. The Morgan fingerprint density at radius 2 is 1.75 bits per heavy atom. The molecule has 7 heteroatoms. The third kappa shape index (κ3) is 2.93. The summed E-state index contributed by atoms with van der Waals surface area (Å²) in [7, 11) is -2.71. The Morgan fingerprint density at radius 3 is 2.20 bits per heavy atom. The molecule has 0 aliphatic rings. The van der Waals surface area contributed by atoms with Crippen LogP contribution in [-0.4, -0.2) is 25.8 Å². The lowest BCUT2D eigenvalue weighted by Crippen LogP contribution is -2.43. The molecule has 0 spiro atoms. The van der Waals surface area contributed by atoms with Crippen molar-refractivity contribution in [2.24, 2.45) is 5.41 Å². The average Bonchev–Trinajstić information content (AvgIpc) is 2.32. The van der Waals surface area contributed by atoms with E-state index in [1.165, 1.54) is 7.05 Å². The molecule has 0 amide bonds. The molecule has 0 heterocycles. The van der Waals surface area contributed by atoms with E-state index in [4.69, 9.17) is 5.73 Å². The summed E-state index contributed by atoms with van der Waals surface area (Å²) in [5, 5.41) is 0. The van der Waals surface area contributed by atoms with Crippen molar-refractivity contribution < 1.29 is 17.2 Å². The number of halogens is 2. The zero-order valence-corrected chi connectivity index (χ0v) is 13.1. The van der Waals surface area contributed by atoms with Gasteiger partial charge in [-0.05, 0) is 24.5 Å². The lowest BCUT2D eigenvalue weighted by Gasteiger charge is -2.34. The molecule has 0 radical (unpaired) electrons. The summed E-state index contributed by atoms with van der Waals surface area (Å²) in [6, 6.07) is 1.36. The van der Waals surface area contributed by atoms with Crippen LogP contribution in [0, 0.1) is 17.0 Å². The van der Waals surface area contributed by atoms with Crippen molar-refractivity contribution in [1.82, 2.24) is 4.31 Å². The van der Waals surface area contributed by atoms with E-state index in [2.05, 4.69) is 0 Å². The van der Waals surface area contributed by atoms with E-state index in [1.54, 1.807) is 6.92 Å². The summed E-state index contributed by atoms with van der Waals surface area (Å²) in [6.45, 7) is 7.35. The van der Waals surface area contributed by atoms with Gasteiger partial charge in [0.05, 0.1) is 0 Å². The molecule has 1 unspecified atom stereocenters. The summed E-state index contributed by atoms with van der Waals surface area (Å²) in [5.41, 5.74) is 4.09. The fourth-order valence-electron chi connectivity index (χ4n) is 1.66. The number of rotatable bonds is 3. The molecular formula is C13H20F2N2O2S. The second-order valence-electron chi connectivity index (χ2n) is 5.84. The fraction of sp³-hybridized carbons (Fsp3) is 0.538. The van der Waals surface area contributed by atoms with Crippen LogP contribution in [0.4, 0.5) is 14.5 Å². The van der Waals surface area contributed by atoms with Crippen LogP contribution in [0.25, 0.3) is 0 Å². The van der Waals surface area contributed by atoms with Crippen LogP contribution in [0.3, 0.4) is 0 Å². The highest BCUT2D eigenvalue weighted by Gasteiger charge is 2.34. The summed E-state index contributed by atoms with van der Waals surface area (Å²) in [6.07, 6.45) is 0. The van der Waals surface area contributed by atoms with Crippen LogP contribution in [0.1, 0.15) is 27.7 Å². The maximum absolute atomic E-state index is 13.9. The first-order chi connectivity index (χ1) is 8.90. The molecule has 2 N–H and O–H groups in total. The van der Waals surface area contributed by atoms with Gasteiger partial charge < -0.3 is 5.73 Å². The van der Waals surface area contributed by atoms with Crippen molar-refractivity contribution in [1.29, 1.82) is 0 Å². The smallest absolute Gasteiger partial charge is 0.246 e. The van der Waals surface area contributed by atoms with Gasteiger partial charge in [0.2, 0.25) is 10.0 Å². The highest BCUT2D eigenvalue weighted by Crippen LogP contribution is 2.30. The van der Waals surface area contributed by atoms with Gasteiger partial charge in [-0.3, -0.25) is 0 Å². The zero-order chi connectivity index (χ0) is 15.9. The molecule has 0 bridgehead atoms. The predicted molar refractivity (Wildman–Crippen MR) is 74.6 cm³/mol. The SMILES string of the molecule is CC(N(C)S(=O)(=O)c1ccc(F)c(N)c1F)C(C)(C)C. The largest absolute Gasteiger partial charge is 0.394 e. The molecule has 0 aromatic heterocycles. The molecule has 0 aliphatic heterocycles. The molecule has 1 aromatic rings. The number of benzene rings is 1. The number of sulfonamides is 1.